The van der Waals surface area contributed by atoms with E-state index in [-0.39, 0.29) is 11.4 Å². The molecule has 0 saturated heterocycles. The minimum absolute atomic E-state index is 0.0224. The van der Waals surface area contributed by atoms with Crippen molar-refractivity contribution >= 4 is 27.4 Å². The Labute approximate surface area is 162 Å². The number of benzene rings is 2. The second kappa shape index (κ2) is 8.59. The molecular weight excluding hydrogens is 382 g/mol. The van der Waals surface area contributed by atoms with E-state index < -0.39 is 16.1 Å². The summed E-state index contributed by atoms with van der Waals surface area (Å²) in [5.74, 6) is 1.00. The molecule has 0 bridgehead atoms. The van der Waals surface area contributed by atoms with Crippen molar-refractivity contribution in [1.82, 2.24) is 4.72 Å². The first-order valence-electron chi connectivity index (χ1n) is 8.31. The molecule has 8 nitrogen and oxygen atoms in total. The Kier molecular flexibility index (Phi) is 5.97. The number of sulfonamides is 1. The van der Waals surface area contributed by atoms with Crippen LogP contribution in [0.5, 0.6) is 5.75 Å². The predicted octanol–water partition coefficient (Wildman–Crippen LogP) is 3.41. The standard InChI is InChI=1S/C19H19N3O5S/c1-26-18-10-3-2-9-17(18)22-19(23)21-14-6-4-8-16(12-14)28(24,25)20-13-15-7-5-11-27-15/h2-12,20H,13H2,1H3,(H2,21,22,23). The summed E-state index contributed by atoms with van der Waals surface area (Å²) in [6, 6.07) is 15.7. The molecule has 0 saturated carbocycles. The van der Waals surface area contributed by atoms with E-state index in [0.717, 1.165) is 0 Å². The van der Waals surface area contributed by atoms with E-state index in [1.165, 1.54) is 25.5 Å². The maximum atomic E-state index is 12.4. The van der Waals surface area contributed by atoms with Crippen LogP contribution in [0.25, 0.3) is 0 Å². The van der Waals surface area contributed by atoms with Crippen molar-refractivity contribution in [3.8, 4) is 5.75 Å². The number of hydrogen-bond acceptors (Lipinski definition) is 5. The lowest BCUT2D eigenvalue weighted by Crippen LogP contribution is -2.23. The zero-order valence-electron chi connectivity index (χ0n) is 15.0. The van der Waals surface area contributed by atoms with Crippen LogP contribution in [0.2, 0.25) is 0 Å². The van der Waals surface area contributed by atoms with Gasteiger partial charge in [-0.15, -0.1) is 0 Å². The van der Waals surface area contributed by atoms with E-state index in [1.54, 1.807) is 48.5 Å². The number of ether oxygens (including phenoxy) is 1. The van der Waals surface area contributed by atoms with Crippen LogP contribution in [-0.4, -0.2) is 21.6 Å². The monoisotopic (exact) mass is 401 g/mol. The van der Waals surface area contributed by atoms with Gasteiger partial charge in [0.05, 0.1) is 30.5 Å². The quantitative estimate of drug-likeness (QED) is 0.562. The van der Waals surface area contributed by atoms with Crippen LogP contribution >= 0.6 is 0 Å². The molecule has 3 rings (SSSR count). The molecule has 1 aromatic heterocycles. The van der Waals surface area contributed by atoms with Gasteiger partial charge in [0, 0.05) is 5.69 Å². The first-order chi connectivity index (χ1) is 13.5. The van der Waals surface area contributed by atoms with Crippen LogP contribution in [-0.2, 0) is 16.6 Å². The van der Waals surface area contributed by atoms with E-state index in [1.807, 2.05) is 0 Å². The Morgan fingerprint density at radius 1 is 1.04 bits per heavy atom. The average Bonchev–Trinajstić information content (AvgIpc) is 3.21. The van der Waals surface area contributed by atoms with Crippen LogP contribution < -0.4 is 20.1 Å². The van der Waals surface area contributed by atoms with Crippen molar-refractivity contribution in [1.29, 1.82) is 0 Å². The Hall–Kier alpha value is -3.30. The van der Waals surface area contributed by atoms with Crippen molar-refractivity contribution < 1.29 is 22.4 Å². The first-order valence-corrected chi connectivity index (χ1v) is 9.79. The average molecular weight is 401 g/mol. The SMILES string of the molecule is COc1ccccc1NC(=O)Nc1cccc(S(=O)(=O)NCc2ccco2)c1. The molecule has 9 heteroatoms. The molecule has 0 aliphatic carbocycles. The lowest BCUT2D eigenvalue weighted by molar-refractivity contribution is 0.262. The molecule has 0 aliphatic rings. The summed E-state index contributed by atoms with van der Waals surface area (Å²) >= 11 is 0. The molecule has 2 amide bonds. The molecule has 1 heterocycles. The van der Waals surface area contributed by atoms with Gasteiger partial charge in [0.25, 0.3) is 0 Å². The summed E-state index contributed by atoms with van der Waals surface area (Å²) in [7, 11) is -2.26. The zero-order chi connectivity index (χ0) is 20.0. The van der Waals surface area contributed by atoms with E-state index in [0.29, 0.717) is 22.9 Å². The minimum atomic E-state index is -3.77. The fourth-order valence-corrected chi connectivity index (χ4v) is 3.47. The summed E-state index contributed by atoms with van der Waals surface area (Å²) < 4.78 is 37.6. The largest absolute Gasteiger partial charge is 0.495 e. The molecule has 2 aromatic carbocycles. The molecule has 0 radical (unpaired) electrons. The Balaban J connectivity index is 1.68. The summed E-state index contributed by atoms with van der Waals surface area (Å²) in [5, 5.41) is 5.27. The van der Waals surface area contributed by atoms with Gasteiger partial charge in [-0.2, -0.15) is 0 Å². The molecule has 0 atom stereocenters. The summed E-state index contributed by atoms with van der Waals surface area (Å²) in [6.07, 6.45) is 1.47. The second-order valence-corrected chi connectivity index (χ2v) is 7.48. The van der Waals surface area contributed by atoms with E-state index in [2.05, 4.69) is 15.4 Å². The molecule has 3 aromatic rings. The third-order valence-electron chi connectivity index (χ3n) is 3.77. The number of rotatable bonds is 7. The van der Waals surface area contributed by atoms with Crippen LogP contribution in [0.4, 0.5) is 16.2 Å². The summed E-state index contributed by atoms with van der Waals surface area (Å²) in [4.78, 5) is 12.3. The lowest BCUT2D eigenvalue weighted by atomic mass is 10.3. The van der Waals surface area contributed by atoms with Crippen molar-refractivity contribution in [2.75, 3.05) is 17.7 Å². The third kappa shape index (κ3) is 4.90. The van der Waals surface area contributed by atoms with Crippen LogP contribution in [0, 0.1) is 0 Å². The number of amides is 2. The summed E-state index contributed by atoms with van der Waals surface area (Å²) in [6.45, 7) is 0.0290. The van der Waals surface area contributed by atoms with Crippen molar-refractivity contribution in [3.63, 3.8) is 0 Å². The molecule has 0 spiro atoms. The van der Waals surface area contributed by atoms with Gasteiger partial charge in [-0.25, -0.2) is 17.9 Å². The van der Waals surface area contributed by atoms with Gasteiger partial charge in [-0.1, -0.05) is 18.2 Å². The molecule has 0 aliphatic heterocycles. The van der Waals surface area contributed by atoms with Crippen LogP contribution in [0.3, 0.4) is 0 Å². The number of furan rings is 1. The fraction of sp³-hybridized carbons (Fsp3) is 0.105. The maximum Gasteiger partial charge on any atom is 0.323 e. The normalized spacial score (nSPS) is 11.0. The lowest BCUT2D eigenvalue weighted by Gasteiger charge is -2.12. The van der Waals surface area contributed by atoms with Gasteiger partial charge in [0.2, 0.25) is 10.0 Å². The van der Waals surface area contributed by atoms with E-state index in [4.69, 9.17) is 9.15 Å². The van der Waals surface area contributed by atoms with Gasteiger partial charge >= 0.3 is 6.03 Å². The highest BCUT2D eigenvalue weighted by Gasteiger charge is 2.15. The Morgan fingerprint density at radius 3 is 2.61 bits per heavy atom. The molecule has 146 valence electrons. The topological polar surface area (TPSA) is 110 Å². The Bertz CT molecular complexity index is 1050. The highest BCUT2D eigenvalue weighted by atomic mass is 32.2. The first kappa shape index (κ1) is 19.5. The molecule has 0 fully saturated rings. The Morgan fingerprint density at radius 2 is 1.86 bits per heavy atom. The van der Waals surface area contributed by atoms with Crippen LogP contribution in [0.1, 0.15) is 5.76 Å². The molecule has 28 heavy (non-hydrogen) atoms. The number of anilines is 2. The number of methoxy groups -OCH3 is 1. The van der Waals surface area contributed by atoms with Crippen LogP contribution in [0.15, 0.2) is 76.2 Å². The zero-order valence-corrected chi connectivity index (χ0v) is 15.8. The number of hydrogen-bond donors (Lipinski definition) is 3. The van der Waals surface area contributed by atoms with Crippen molar-refractivity contribution in [3.05, 3.63) is 72.7 Å². The number of para-hydroxylation sites is 2. The number of nitrogens with one attached hydrogen (secondary N) is 3. The van der Waals surface area contributed by atoms with Crippen molar-refractivity contribution in [2.45, 2.75) is 11.4 Å². The maximum absolute atomic E-state index is 12.4. The van der Waals surface area contributed by atoms with Gasteiger partial charge in [-0.3, -0.25) is 0 Å². The van der Waals surface area contributed by atoms with Gasteiger partial charge in [0.15, 0.2) is 0 Å². The highest BCUT2D eigenvalue weighted by molar-refractivity contribution is 7.89. The van der Waals surface area contributed by atoms with Gasteiger partial charge in [0.1, 0.15) is 11.5 Å². The van der Waals surface area contributed by atoms with Gasteiger partial charge in [-0.05, 0) is 42.5 Å². The number of carbonyl (C=O) groups is 1. The fourth-order valence-electron chi connectivity index (χ4n) is 2.44. The number of urea groups is 1. The van der Waals surface area contributed by atoms with Gasteiger partial charge < -0.3 is 19.8 Å². The smallest absolute Gasteiger partial charge is 0.323 e. The van der Waals surface area contributed by atoms with Crippen molar-refractivity contribution in [2.24, 2.45) is 0 Å². The summed E-state index contributed by atoms with van der Waals surface area (Å²) in [5.41, 5.74) is 0.819. The van der Waals surface area contributed by atoms with E-state index in [9.17, 15) is 13.2 Å². The third-order valence-corrected chi connectivity index (χ3v) is 5.17. The number of carbonyl (C=O) groups excluding carboxylic acids is 1. The predicted molar refractivity (Wildman–Crippen MR) is 105 cm³/mol. The second-order valence-electron chi connectivity index (χ2n) is 5.71. The highest BCUT2D eigenvalue weighted by Crippen LogP contribution is 2.23. The minimum Gasteiger partial charge on any atom is -0.495 e. The van der Waals surface area contributed by atoms with E-state index >= 15 is 0 Å². The molecule has 3 N–H and O–H groups in total. The molecule has 0 unspecified atom stereocenters. The molecular formula is C19H19N3O5S.